The second-order valence-corrected chi connectivity index (χ2v) is 7.37. The molecule has 4 heteroatoms. The van der Waals surface area contributed by atoms with Crippen molar-refractivity contribution in [2.24, 2.45) is 5.73 Å². The standard InChI is InChI=1S/C16H21FN2S/c1-15(2,3)13-10-20-14(19-13)16(4,18)9-11-5-7-12(17)8-6-11/h5-8,10H,9,18H2,1-4H3. The van der Waals surface area contributed by atoms with Crippen molar-refractivity contribution >= 4 is 11.3 Å². The Bertz CT molecular complexity index is 579. The quantitative estimate of drug-likeness (QED) is 0.928. The number of aromatic nitrogens is 1. The molecule has 0 amide bonds. The Morgan fingerprint density at radius 3 is 2.25 bits per heavy atom. The van der Waals surface area contributed by atoms with Crippen LogP contribution in [0.2, 0.25) is 0 Å². The molecule has 1 aromatic heterocycles. The minimum atomic E-state index is -0.536. The van der Waals surface area contributed by atoms with E-state index in [-0.39, 0.29) is 11.2 Å². The van der Waals surface area contributed by atoms with Crippen LogP contribution in [0.15, 0.2) is 29.6 Å². The second kappa shape index (κ2) is 5.26. The highest BCUT2D eigenvalue weighted by atomic mass is 32.1. The smallest absolute Gasteiger partial charge is 0.123 e. The third-order valence-corrected chi connectivity index (χ3v) is 4.37. The van der Waals surface area contributed by atoms with Gasteiger partial charge in [-0.3, -0.25) is 0 Å². The summed E-state index contributed by atoms with van der Waals surface area (Å²) in [6.07, 6.45) is 0.643. The minimum absolute atomic E-state index is 0.0285. The monoisotopic (exact) mass is 292 g/mol. The summed E-state index contributed by atoms with van der Waals surface area (Å²) in [7, 11) is 0. The van der Waals surface area contributed by atoms with Gasteiger partial charge in [0.15, 0.2) is 0 Å². The summed E-state index contributed by atoms with van der Waals surface area (Å²) in [5.74, 6) is -0.225. The lowest BCUT2D eigenvalue weighted by Gasteiger charge is -2.22. The molecule has 2 rings (SSSR count). The van der Waals surface area contributed by atoms with Gasteiger partial charge in [0.05, 0.1) is 11.2 Å². The SMILES string of the molecule is CC(C)(C)c1csc(C(C)(N)Cc2ccc(F)cc2)n1. The van der Waals surface area contributed by atoms with Crippen molar-refractivity contribution in [3.8, 4) is 0 Å². The molecule has 2 aromatic rings. The largest absolute Gasteiger partial charge is 0.319 e. The van der Waals surface area contributed by atoms with E-state index in [0.717, 1.165) is 16.3 Å². The number of nitrogens with two attached hydrogens (primary N) is 1. The fourth-order valence-electron chi connectivity index (χ4n) is 1.98. The molecule has 0 radical (unpaired) electrons. The first-order valence-electron chi connectivity index (χ1n) is 6.68. The fraction of sp³-hybridized carbons (Fsp3) is 0.438. The molecule has 0 bridgehead atoms. The van der Waals surface area contributed by atoms with Crippen molar-refractivity contribution in [2.45, 2.75) is 45.1 Å². The molecular weight excluding hydrogens is 271 g/mol. The van der Waals surface area contributed by atoms with Crippen LogP contribution in [0.5, 0.6) is 0 Å². The normalized spacial score (nSPS) is 15.1. The number of hydrogen-bond donors (Lipinski definition) is 1. The zero-order valence-electron chi connectivity index (χ0n) is 12.4. The van der Waals surface area contributed by atoms with Crippen molar-refractivity contribution in [1.29, 1.82) is 0 Å². The lowest BCUT2D eigenvalue weighted by molar-refractivity contribution is 0.480. The van der Waals surface area contributed by atoms with E-state index >= 15 is 0 Å². The maximum Gasteiger partial charge on any atom is 0.123 e. The second-order valence-electron chi connectivity index (χ2n) is 6.51. The van der Waals surface area contributed by atoms with E-state index in [1.54, 1.807) is 23.5 Å². The molecule has 1 heterocycles. The van der Waals surface area contributed by atoms with Gasteiger partial charge in [0, 0.05) is 10.8 Å². The minimum Gasteiger partial charge on any atom is -0.319 e. The molecule has 1 unspecified atom stereocenters. The Kier molecular flexibility index (Phi) is 3.98. The van der Waals surface area contributed by atoms with Crippen molar-refractivity contribution < 1.29 is 4.39 Å². The molecule has 0 saturated heterocycles. The fourth-order valence-corrected chi connectivity index (χ4v) is 3.10. The summed E-state index contributed by atoms with van der Waals surface area (Å²) >= 11 is 1.60. The number of nitrogens with zero attached hydrogens (tertiary/aromatic N) is 1. The van der Waals surface area contributed by atoms with E-state index in [0.29, 0.717) is 6.42 Å². The van der Waals surface area contributed by atoms with E-state index in [1.807, 2.05) is 6.92 Å². The van der Waals surface area contributed by atoms with Gasteiger partial charge in [0.1, 0.15) is 10.8 Å². The average Bonchev–Trinajstić information content (AvgIpc) is 2.82. The lowest BCUT2D eigenvalue weighted by atomic mass is 9.92. The summed E-state index contributed by atoms with van der Waals surface area (Å²) in [6, 6.07) is 6.49. The molecular formula is C16H21FN2S. The van der Waals surface area contributed by atoms with Crippen LogP contribution in [0.3, 0.4) is 0 Å². The first kappa shape index (κ1) is 15.1. The van der Waals surface area contributed by atoms with Gasteiger partial charge in [0.25, 0.3) is 0 Å². The van der Waals surface area contributed by atoms with Crippen LogP contribution in [0.1, 0.15) is 44.0 Å². The first-order chi connectivity index (χ1) is 9.18. The molecule has 0 fully saturated rings. The van der Waals surface area contributed by atoms with Crippen LogP contribution < -0.4 is 5.73 Å². The predicted octanol–water partition coefficient (Wildman–Crippen LogP) is 4.00. The summed E-state index contributed by atoms with van der Waals surface area (Å²) in [4.78, 5) is 4.69. The Morgan fingerprint density at radius 2 is 1.75 bits per heavy atom. The van der Waals surface area contributed by atoms with Gasteiger partial charge in [-0.2, -0.15) is 0 Å². The van der Waals surface area contributed by atoms with Gasteiger partial charge >= 0.3 is 0 Å². The molecule has 0 aliphatic rings. The van der Waals surface area contributed by atoms with Gasteiger partial charge in [-0.1, -0.05) is 32.9 Å². The van der Waals surface area contributed by atoms with Gasteiger partial charge in [-0.15, -0.1) is 11.3 Å². The first-order valence-corrected chi connectivity index (χ1v) is 7.56. The maximum atomic E-state index is 12.9. The number of halogens is 1. The van der Waals surface area contributed by atoms with Gasteiger partial charge in [0.2, 0.25) is 0 Å². The summed E-state index contributed by atoms with van der Waals surface area (Å²) in [6.45, 7) is 8.39. The topological polar surface area (TPSA) is 38.9 Å². The Balaban J connectivity index is 2.21. The Hall–Kier alpha value is -1.26. The number of thiazole rings is 1. The van der Waals surface area contributed by atoms with Gasteiger partial charge in [-0.25, -0.2) is 9.37 Å². The van der Waals surface area contributed by atoms with E-state index in [1.165, 1.54) is 12.1 Å². The maximum absolute atomic E-state index is 12.9. The molecule has 1 atom stereocenters. The highest BCUT2D eigenvalue weighted by molar-refractivity contribution is 7.09. The van der Waals surface area contributed by atoms with Crippen LogP contribution in [-0.2, 0) is 17.4 Å². The molecule has 20 heavy (non-hydrogen) atoms. The molecule has 0 spiro atoms. The third kappa shape index (κ3) is 3.44. The van der Waals surface area contributed by atoms with E-state index in [2.05, 4.69) is 31.1 Å². The zero-order chi connectivity index (χ0) is 15.0. The van der Waals surface area contributed by atoms with Crippen molar-refractivity contribution in [2.75, 3.05) is 0 Å². The summed E-state index contributed by atoms with van der Waals surface area (Å²) in [5, 5.41) is 3.00. The number of hydrogen-bond acceptors (Lipinski definition) is 3. The van der Waals surface area contributed by atoms with Crippen LogP contribution in [-0.4, -0.2) is 4.98 Å². The molecule has 2 N–H and O–H groups in total. The highest BCUT2D eigenvalue weighted by Crippen LogP contribution is 2.30. The molecule has 0 aliphatic carbocycles. The van der Waals surface area contributed by atoms with Crippen molar-refractivity contribution in [3.05, 3.63) is 51.7 Å². The predicted molar refractivity (Wildman–Crippen MR) is 82.5 cm³/mol. The molecule has 0 saturated carbocycles. The highest BCUT2D eigenvalue weighted by Gasteiger charge is 2.27. The van der Waals surface area contributed by atoms with Gasteiger partial charge in [-0.05, 0) is 31.0 Å². The van der Waals surface area contributed by atoms with Crippen molar-refractivity contribution in [3.63, 3.8) is 0 Å². The Labute approximate surface area is 123 Å². The summed E-state index contributed by atoms with van der Waals surface area (Å²) in [5.41, 5.74) is 7.99. The third-order valence-electron chi connectivity index (χ3n) is 3.25. The molecule has 108 valence electrons. The molecule has 2 nitrogen and oxygen atoms in total. The molecule has 0 aliphatic heterocycles. The number of benzene rings is 1. The van der Waals surface area contributed by atoms with E-state index < -0.39 is 5.54 Å². The summed E-state index contributed by atoms with van der Waals surface area (Å²) < 4.78 is 12.9. The van der Waals surface area contributed by atoms with Crippen LogP contribution >= 0.6 is 11.3 Å². The lowest BCUT2D eigenvalue weighted by Crippen LogP contribution is -2.35. The van der Waals surface area contributed by atoms with E-state index in [4.69, 9.17) is 5.73 Å². The van der Waals surface area contributed by atoms with E-state index in [9.17, 15) is 4.39 Å². The van der Waals surface area contributed by atoms with Crippen LogP contribution in [0, 0.1) is 5.82 Å². The Morgan fingerprint density at radius 1 is 1.15 bits per heavy atom. The number of rotatable bonds is 3. The van der Waals surface area contributed by atoms with Crippen molar-refractivity contribution in [1.82, 2.24) is 4.98 Å². The zero-order valence-corrected chi connectivity index (χ0v) is 13.2. The van der Waals surface area contributed by atoms with Crippen LogP contribution in [0.4, 0.5) is 4.39 Å². The average molecular weight is 292 g/mol. The molecule has 1 aromatic carbocycles. The van der Waals surface area contributed by atoms with Crippen LogP contribution in [0.25, 0.3) is 0 Å². The van der Waals surface area contributed by atoms with Gasteiger partial charge < -0.3 is 5.73 Å².